The number of hydrogen-bond donors (Lipinski definition) is 0. The number of benzene rings is 2. The zero-order valence-electron chi connectivity index (χ0n) is 15.1. The highest BCUT2D eigenvalue weighted by molar-refractivity contribution is 7.19. The molecule has 136 valence electrons. The first-order valence-corrected chi connectivity index (χ1v) is 9.71. The number of furan rings is 2. The van der Waals surface area contributed by atoms with E-state index in [1.807, 2.05) is 56.3 Å². The molecule has 6 nitrogen and oxygen atoms in total. The average molecular weight is 386 g/mol. The molecule has 0 fully saturated rings. The van der Waals surface area contributed by atoms with E-state index in [4.69, 9.17) is 13.9 Å². The molecule has 4 heterocycles. The summed E-state index contributed by atoms with van der Waals surface area (Å²) in [6, 6.07) is 16.0. The summed E-state index contributed by atoms with van der Waals surface area (Å²) in [4.78, 5) is 0.699. The second-order valence-electron chi connectivity index (χ2n) is 6.73. The Labute approximate surface area is 163 Å². The molecule has 7 heteroatoms. The topological polar surface area (TPSA) is 69.4 Å². The summed E-state index contributed by atoms with van der Waals surface area (Å²) >= 11 is 1.45. The molecule has 0 amide bonds. The largest absolute Gasteiger partial charge is 0.453 e. The molecule has 2 aromatic carbocycles. The van der Waals surface area contributed by atoms with Crippen LogP contribution in [0.5, 0.6) is 0 Å². The monoisotopic (exact) mass is 386 g/mol. The van der Waals surface area contributed by atoms with E-state index in [9.17, 15) is 0 Å². The van der Waals surface area contributed by atoms with Crippen LogP contribution in [0.3, 0.4) is 0 Å². The fourth-order valence-corrected chi connectivity index (χ4v) is 4.49. The van der Waals surface area contributed by atoms with Gasteiger partial charge in [-0.15, -0.1) is 15.3 Å². The molecule has 0 aliphatic heterocycles. The van der Waals surface area contributed by atoms with Gasteiger partial charge in [-0.25, -0.2) is 0 Å². The molecule has 0 N–H and O–H groups in total. The lowest BCUT2D eigenvalue weighted by molar-refractivity contribution is 0.617. The van der Waals surface area contributed by atoms with Crippen LogP contribution in [0.25, 0.3) is 49.3 Å². The van der Waals surface area contributed by atoms with Crippen molar-refractivity contribution in [1.82, 2.24) is 19.8 Å². The third kappa shape index (κ3) is 2.05. The lowest BCUT2D eigenvalue weighted by Crippen LogP contribution is -1.91. The highest BCUT2D eigenvalue weighted by Crippen LogP contribution is 2.37. The zero-order chi connectivity index (χ0) is 18.8. The minimum atomic E-state index is 0.597. The molecule has 6 rings (SSSR count). The van der Waals surface area contributed by atoms with Crippen molar-refractivity contribution in [2.45, 2.75) is 13.8 Å². The first kappa shape index (κ1) is 15.6. The minimum absolute atomic E-state index is 0.597. The summed E-state index contributed by atoms with van der Waals surface area (Å²) in [5.41, 5.74) is 3.78. The molecule has 0 spiro atoms. The number of aromatic nitrogens is 4. The number of para-hydroxylation sites is 2. The van der Waals surface area contributed by atoms with E-state index in [1.54, 1.807) is 4.52 Å². The van der Waals surface area contributed by atoms with Gasteiger partial charge in [-0.1, -0.05) is 47.7 Å². The SMILES string of the molecule is Cc1c(-c2nn3c(-c4oc5ccccc5c4C)nnc3s2)oc2ccccc12. The molecule has 28 heavy (non-hydrogen) atoms. The van der Waals surface area contributed by atoms with Crippen LogP contribution in [-0.4, -0.2) is 19.8 Å². The standard InChI is InChI=1S/C21H14N4O2S/c1-11-13-7-3-5-9-15(13)26-17(11)19-22-23-21-25(19)24-20(28-21)18-12(2)14-8-4-6-10-16(14)27-18/h3-10H,1-2H3. The molecule has 0 unspecified atom stereocenters. The Morgan fingerprint density at radius 2 is 1.39 bits per heavy atom. The van der Waals surface area contributed by atoms with Crippen LogP contribution in [0.1, 0.15) is 11.1 Å². The smallest absolute Gasteiger partial charge is 0.235 e. The van der Waals surface area contributed by atoms with Gasteiger partial charge in [0.1, 0.15) is 11.2 Å². The van der Waals surface area contributed by atoms with Crippen LogP contribution in [0.2, 0.25) is 0 Å². The zero-order valence-corrected chi connectivity index (χ0v) is 15.9. The molecule has 6 aromatic rings. The van der Waals surface area contributed by atoms with Gasteiger partial charge in [0.2, 0.25) is 10.8 Å². The Hall–Kier alpha value is -3.45. The molecular weight excluding hydrogens is 372 g/mol. The van der Waals surface area contributed by atoms with Crippen molar-refractivity contribution in [3.05, 3.63) is 59.7 Å². The van der Waals surface area contributed by atoms with Crippen LogP contribution < -0.4 is 0 Å². The quantitative estimate of drug-likeness (QED) is 0.386. The van der Waals surface area contributed by atoms with Gasteiger partial charge >= 0.3 is 0 Å². The van der Waals surface area contributed by atoms with E-state index in [0.717, 1.165) is 43.8 Å². The Kier molecular flexibility index (Phi) is 3.08. The summed E-state index contributed by atoms with van der Waals surface area (Å²) in [6.07, 6.45) is 0. The van der Waals surface area contributed by atoms with Gasteiger partial charge in [0.25, 0.3) is 0 Å². The van der Waals surface area contributed by atoms with Crippen LogP contribution in [0.15, 0.2) is 57.4 Å². The normalized spacial score (nSPS) is 11.9. The van der Waals surface area contributed by atoms with E-state index in [-0.39, 0.29) is 0 Å². The molecule has 0 aliphatic carbocycles. The summed E-state index contributed by atoms with van der Waals surface area (Å²) in [6.45, 7) is 4.08. The van der Waals surface area contributed by atoms with Gasteiger partial charge in [-0.3, -0.25) is 0 Å². The Morgan fingerprint density at radius 1 is 0.786 bits per heavy atom. The molecule has 0 atom stereocenters. The lowest BCUT2D eigenvalue weighted by Gasteiger charge is -1.94. The fourth-order valence-electron chi connectivity index (χ4n) is 3.62. The first-order chi connectivity index (χ1) is 13.7. The molecule has 0 aliphatic rings. The third-order valence-corrected chi connectivity index (χ3v) is 5.97. The fraction of sp³-hybridized carbons (Fsp3) is 0.0952. The average Bonchev–Trinajstić information content (AvgIpc) is 3.45. The number of aryl methyl sites for hydroxylation is 2. The number of fused-ring (bicyclic) bond motifs is 3. The van der Waals surface area contributed by atoms with Crippen LogP contribution >= 0.6 is 11.3 Å². The third-order valence-electron chi connectivity index (χ3n) is 5.08. The number of hydrogen-bond acceptors (Lipinski definition) is 6. The van der Waals surface area contributed by atoms with Gasteiger partial charge in [0.15, 0.2) is 16.5 Å². The Morgan fingerprint density at radius 3 is 2.07 bits per heavy atom. The maximum Gasteiger partial charge on any atom is 0.235 e. The lowest BCUT2D eigenvalue weighted by atomic mass is 10.1. The van der Waals surface area contributed by atoms with E-state index >= 15 is 0 Å². The highest BCUT2D eigenvalue weighted by Gasteiger charge is 2.22. The van der Waals surface area contributed by atoms with Gasteiger partial charge in [-0.2, -0.15) is 4.52 Å². The molecular formula is C21H14N4O2S. The van der Waals surface area contributed by atoms with Crippen LogP contribution in [0, 0.1) is 13.8 Å². The molecule has 0 saturated carbocycles. The molecule has 0 bridgehead atoms. The highest BCUT2D eigenvalue weighted by atomic mass is 32.1. The van der Waals surface area contributed by atoms with Crippen LogP contribution in [0.4, 0.5) is 0 Å². The summed E-state index contributed by atoms with van der Waals surface area (Å²) in [5, 5.41) is 16.3. The van der Waals surface area contributed by atoms with E-state index < -0.39 is 0 Å². The van der Waals surface area contributed by atoms with Crippen molar-refractivity contribution in [2.24, 2.45) is 0 Å². The maximum atomic E-state index is 6.06. The van der Waals surface area contributed by atoms with Crippen molar-refractivity contribution in [2.75, 3.05) is 0 Å². The van der Waals surface area contributed by atoms with Crippen LogP contribution in [-0.2, 0) is 0 Å². The van der Waals surface area contributed by atoms with Crippen molar-refractivity contribution >= 4 is 38.2 Å². The predicted molar refractivity (Wildman–Crippen MR) is 109 cm³/mol. The van der Waals surface area contributed by atoms with E-state index in [1.165, 1.54) is 11.3 Å². The van der Waals surface area contributed by atoms with Gasteiger partial charge in [0, 0.05) is 21.9 Å². The van der Waals surface area contributed by atoms with Crippen molar-refractivity contribution in [3.8, 4) is 22.4 Å². The van der Waals surface area contributed by atoms with Crippen molar-refractivity contribution in [1.29, 1.82) is 0 Å². The number of rotatable bonds is 2. The Bertz CT molecular complexity index is 1500. The van der Waals surface area contributed by atoms with Crippen molar-refractivity contribution < 1.29 is 8.83 Å². The van der Waals surface area contributed by atoms with Gasteiger partial charge in [0.05, 0.1) is 0 Å². The molecule has 0 saturated heterocycles. The van der Waals surface area contributed by atoms with Gasteiger partial charge < -0.3 is 8.83 Å². The second-order valence-corrected chi connectivity index (χ2v) is 7.69. The molecule has 0 radical (unpaired) electrons. The minimum Gasteiger partial charge on any atom is -0.453 e. The summed E-state index contributed by atoms with van der Waals surface area (Å²) in [5.74, 6) is 2.05. The summed E-state index contributed by atoms with van der Waals surface area (Å²) < 4.78 is 13.9. The van der Waals surface area contributed by atoms with Crippen molar-refractivity contribution in [3.63, 3.8) is 0 Å². The van der Waals surface area contributed by atoms with Gasteiger partial charge in [-0.05, 0) is 26.0 Å². The van der Waals surface area contributed by atoms with E-state index in [2.05, 4.69) is 16.3 Å². The first-order valence-electron chi connectivity index (χ1n) is 8.90. The second kappa shape index (κ2) is 5.53. The Balaban J connectivity index is 1.55. The summed E-state index contributed by atoms with van der Waals surface area (Å²) in [7, 11) is 0. The molecule has 4 aromatic heterocycles. The van der Waals surface area contributed by atoms with E-state index in [0.29, 0.717) is 16.5 Å². The maximum absolute atomic E-state index is 6.06. The number of nitrogens with zero attached hydrogens (tertiary/aromatic N) is 4. The predicted octanol–water partition coefficient (Wildman–Crippen LogP) is 5.63.